The van der Waals surface area contributed by atoms with Crippen LogP contribution in [0.1, 0.15) is 71.3 Å². The van der Waals surface area contributed by atoms with Crippen LogP contribution in [0.5, 0.6) is 17.2 Å². The molecule has 2 aromatic heterocycles. The number of benzene rings is 3. The molecule has 12 heteroatoms. The van der Waals surface area contributed by atoms with Crippen molar-refractivity contribution >= 4 is 11.6 Å². The average Bonchev–Trinajstić information content (AvgIpc) is 3.90. The summed E-state index contributed by atoms with van der Waals surface area (Å²) in [6.45, 7) is 12.3. The van der Waals surface area contributed by atoms with E-state index >= 15 is 0 Å². The highest BCUT2D eigenvalue weighted by Crippen LogP contribution is 2.37. The summed E-state index contributed by atoms with van der Waals surface area (Å²) in [5.74, 6) is 2.88. The van der Waals surface area contributed by atoms with Gasteiger partial charge in [0.15, 0.2) is 5.82 Å². The Morgan fingerprint density at radius 3 is 2.47 bits per heavy atom. The molecular weight excluding hydrogens is 688 g/mol. The second-order valence-electron chi connectivity index (χ2n) is 13.8. The molecule has 3 heterocycles. The number of rotatable bonds is 17. The predicted molar refractivity (Wildman–Crippen MR) is 205 cm³/mol. The first kappa shape index (κ1) is 37.7. The number of nitrogens with one attached hydrogen (secondary N) is 1. The fourth-order valence-corrected chi connectivity index (χ4v) is 7.08. The van der Waals surface area contributed by atoms with Crippen LogP contribution >= 0.6 is 11.6 Å². The highest BCUT2D eigenvalue weighted by atomic mass is 35.5. The van der Waals surface area contributed by atoms with Gasteiger partial charge >= 0.3 is 0 Å². The summed E-state index contributed by atoms with van der Waals surface area (Å²) in [6.07, 6.45) is 6.86. The molecule has 11 nitrogen and oxygen atoms in total. The second-order valence-corrected chi connectivity index (χ2v) is 14.2. The van der Waals surface area contributed by atoms with Crippen molar-refractivity contribution in [1.29, 1.82) is 5.26 Å². The molecule has 1 aliphatic heterocycles. The van der Waals surface area contributed by atoms with E-state index in [4.69, 9.17) is 25.8 Å². The number of hydrogen-bond acceptors (Lipinski definition) is 10. The third-order valence-electron chi connectivity index (χ3n) is 9.77. The van der Waals surface area contributed by atoms with Crippen molar-refractivity contribution < 1.29 is 14.2 Å². The van der Waals surface area contributed by atoms with Crippen LogP contribution in [0.25, 0.3) is 11.1 Å². The van der Waals surface area contributed by atoms with E-state index in [2.05, 4.69) is 98.6 Å². The molecule has 0 amide bonds. The summed E-state index contributed by atoms with van der Waals surface area (Å²) in [5, 5.41) is 24.2. The summed E-state index contributed by atoms with van der Waals surface area (Å²) in [7, 11) is 2.03. The number of pyridine rings is 1. The number of nitriles is 1. The fourth-order valence-electron chi connectivity index (χ4n) is 6.84. The molecule has 0 radical (unpaired) electrons. The molecule has 0 spiro atoms. The van der Waals surface area contributed by atoms with Crippen molar-refractivity contribution in [3.8, 4) is 34.4 Å². The largest absolute Gasteiger partial charge is 0.493 e. The van der Waals surface area contributed by atoms with Gasteiger partial charge in [0.2, 0.25) is 0 Å². The molecule has 6 rings (SSSR count). The molecule has 53 heavy (non-hydrogen) atoms. The SMILES string of the molecule is Cc1c(COc2cc(OCc3cncc(C#N)c3)c(CN(C)CC(C)c3nnn[nH]3)cc2Cl)cccc1-c1cccc(OCCCN2CCCC2)c1C. The number of aromatic nitrogens is 5. The first-order chi connectivity index (χ1) is 25.8. The molecule has 1 atom stereocenters. The van der Waals surface area contributed by atoms with Crippen molar-refractivity contribution in [2.45, 2.75) is 65.7 Å². The van der Waals surface area contributed by atoms with Crippen molar-refractivity contribution in [1.82, 2.24) is 35.4 Å². The molecule has 1 aliphatic rings. The van der Waals surface area contributed by atoms with Crippen molar-refractivity contribution in [2.75, 3.05) is 39.8 Å². The molecule has 1 fully saturated rings. The topological polar surface area (TPSA) is 125 Å². The number of hydrogen-bond donors (Lipinski definition) is 1. The maximum Gasteiger partial charge on any atom is 0.152 e. The Morgan fingerprint density at radius 2 is 1.70 bits per heavy atom. The van der Waals surface area contributed by atoms with Gasteiger partial charge in [0.05, 0.1) is 17.2 Å². The smallest absolute Gasteiger partial charge is 0.152 e. The number of tetrazole rings is 1. The summed E-state index contributed by atoms with van der Waals surface area (Å²) >= 11 is 6.90. The summed E-state index contributed by atoms with van der Waals surface area (Å²) in [4.78, 5) is 8.87. The second kappa shape index (κ2) is 18.1. The van der Waals surface area contributed by atoms with Gasteiger partial charge in [0.1, 0.15) is 36.5 Å². The van der Waals surface area contributed by atoms with Crippen molar-refractivity contribution in [3.63, 3.8) is 0 Å². The van der Waals surface area contributed by atoms with Crippen LogP contribution in [0, 0.1) is 25.2 Å². The Labute approximate surface area is 316 Å². The van der Waals surface area contributed by atoms with Crippen LogP contribution in [0.3, 0.4) is 0 Å². The Hall–Kier alpha value is -5.02. The summed E-state index contributed by atoms with van der Waals surface area (Å²) in [5.41, 5.74) is 7.75. The third kappa shape index (κ3) is 9.90. The van der Waals surface area contributed by atoms with Crippen LogP contribution in [0.4, 0.5) is 0 Å². The van der Waals surface area contributed by atoms with Gasteiger partial charge < -0.3 is 24.0 Å². The molecule has 1 N–H and O–H groups in total. The maximum atomic E-state index is 9.36. The minimum atomic E-state index is 0.0830. The maximum absolute atomic E-state index is 9.36. The van der Waals surface area contributed by atoms with E-state index in [1.807, 2.05) is 19.2 Å². The number of nitrogens with zero attached hydrogens (tertiary/aromatic N) is 7. The Bertz CT molecular complexity index is 2010. The molecule has 3 aromatic carbocycles. The number of halogens is 1. The normalized spacial score (nSPS) is 13.6. The van der Waals surface area contributed by atoms with Gasteiger partial charge in [-0.2, -0.15) is 5.26 Å². The van der Waals surface area contributed by atoms with E-state index in [0.29, 0.717) is 48.4 Å². The summed E-state index contributed by atoms with van der Waals surface area (Å²) in [6, 6.07) is 20.2. The molecule has 1 unspecified atom stereocenters. The number of ether oxygens (including phenoxy) is 3. The van der Waals surface area contributed by atoms with E-state index in [9.17, 15) is 5.26 Å². The van der Waals surface area contributed by atoms with Gasteiger partial charge in [-0.1, -0.05) is 48.9 Å². The van der Waals surface area contributed by atoms with Crippen LogP contribution in [0.15, 0.2) is 67.0 Å². The molecule has 5 aromatic rings. The predicted octanol–water partition coefficient (Wildman–Crippen LogP) is 7.66. The minimum absolute atomic E-state index is 0.0830. The number of likely N-dealkylation sites (tertiary alicyclic amines) is 1. The van der Waals surface area contributed by atoms with Gasteiger partial charge in [-0.05, 0) is 110 Å². The Kier molecular flexibility index (Phi) is 12.9. The van der Waals surface area contributed by atoms with E-state index in [-0.39, 0.29) is 12.5 Å². The zero-order chi connectivity index (χ0) is 37.2. The molecular formula is C41H47ClN8O3. The number of likely N-dealkylation sites (N-methyl/N-ethyl adjacent to an activating group) is 1. The number of H-pyrrole nitrogens is 1. The van der Waals surface area contributed by atoms with E-state index in [1.54, 1.807) is 12.3 Å². The zero-order valence-corrected chi connectivity index (χ0v) is 31.7. The van der Waals surface area contributed by atoms with Gasteiger partial charge in [-0.15, -0.1) is 5.10 Å². The fraction of sp³-hybridized carbons (Fsp3) is 0.390. The lowest BCUT2D eigenvalue weighted by Gasteiger charge is -2.22. The molecule has 0 aliphatic carbocycles. The number of aromatic amines is 1. The summed E-state index contributed by atoms with van der Waals surface area (Å²) < 4.78 is 19.1. The first-order valence-corrected chi connectivity index (χ1v) is 18.5. The van der Waals surface area contributed by atoms with Crippen LogP contribution < -0.4 is 14.2 Å². The molecule has 0 bridgehead atoms. The lowest BCUT2D eigenvalue weighted by atomic mass is 9.93. The molecule has 0 saturated carbocycles. The van der Waals surface area contributed by atoms with Crippen molar-refractivity contribution in [3.05, 3.63) is 111 Å². The van der Waals surface area contributed by atoms with Crippen LogP contribution in [0.2, 0.25) is 5.02 Å². The third-order valence-corrected chi connectivity index (χ3v) is 10.1. The van der Waals surface area contributed by atoms with Gasteiger partial charge in [0, 0.05) is 55.1 Å². The lowest BCUT2D eigenvalue weighted by Crippen LogP contribution is -2.24. The zero-order valence-electron chi connectivity index (χ0n) is 30.9. The van der Waals surface area contributed by atoms with Gasteiger partial charge in [-0.3, -0.25) is 4.98 Å². The quantitative estimate of drug-likeness (QED) is 0.0952. The average molecular weight is 735 g/mol. The Balaban J connectivity index is 1.17. The molecule has 1 saturated heterocycles. The highest BCUT2D eigenvalue weighted by molar-refractivity contribution is 6.32. The highest BCUT2D eigenvalue weighted by Gasteiger charge is 2.18. The van der Waals surface area contributed by atoms with Gasteiger partial charge in [-0.25, -0.2) is 5.10 Å². The monoisotopic (exact) mass is 734 g/mol. The van der Waals surface area contributed by atoms with Crippen LogP contribution in [-0.4, -0.2) is 75.2 Å². The van der Waals surface area contributed by atoms with Crippen LogP contribution in [-0.2, 0) is 19.8 Å². The lowest BCUT2D eigenvalue weighted by molar-refractivity contribution is 0.262. The van der Waals surface area contributed by atoms with E-state index in [0.717, 1.165) is 63.5 Å². The van der Waals surface area contributed by atoms with Gasteiger partial charge in [0.25, 0.3) is 0 Å². The Morgan fingerprint density at radius 1 is 0.925 bits per heavy atom. The van der Waals surface area contributed by atoms with E-state index in [1.165, 1.54) is 32.1 Å². The minimum Gasteiger partial charge on any atom is -0.493 e. The standard InChI is InChI=1S/C41H47ClN8O3/c1-28(41-45-47-48-46-41)24-49(4)25-34-19-37(42)40(20-39(34)52-26-32-18-31(21-43)22-44-23-32)53-27-33-10-7-11-35(29(33)2)36-12-8-13-38(30(36)3)51-17-9-16-50-14-5-6-15-50/h7-8,10-13,18-20,22-23,28H,5-6,9,14-17,24-27H2,1-4H3,(H,45,46,47,48). The van der Waals surface area contributed by atoms with Crippen molar-refractivity contribution in [2.24, 2.45) is 0 Å². The molecule has 276 valence electrons. The van der Waals surface area contributed by atoms with E-state index < -0.39 is 0 Å². The first-order valence-electron chi connectivity index (χ1n) is 18.2.